The van der Waals surface area contributed by atoms with E-state index in [1.807, 2.05) is 30.3 Å². The molecule has 158 valence electrons. The smallest absolute Gasteiger partial charge is 0.279 e. The number of nitrogens with one attached hydrogen (secondary N) is 1. The van der Waals surface area contributed by atoms with Gasteiger partial charge in [-0.3, -0.25) is 10.1 Å². The van der Waals surface area contributed by atoms with Crippen LogP contribution in [-0.2, 0) is 23.0 Å². The molecule has 0 atom stereocenters. The van der Waals surface area contributed by atoms with Crippen LogP contribution in [-0.4, -0.2) is 35.3 Å². The Morgan fingerprint density at radius 3 is 2.74 bits per heavy atom. The molecule has 0 saturated heterocycles. The molecule has 0 spiro atoms. The largest absolute Gasteiger partial charge is 0.361 e. The van der Waals surface area contributed by atoms with Crippen molar-refractivity contribution >= 4 is 43.2 Å². The topological polar surface area (TPSA) is 105 Å². The Hall–Kier alpha value is -3.08. The quantitative estimate of drug-likeness (QED) is 0.505. The fourth-order valence-corrected chi connectivity index (χ4v) is 6.09. The molecule has 1 aliphatic rings. The summed E-state index contributed by atoms with van der Waals surface area (Å²) >= 11 is 1.28. The lowest BCUT2D eigenvalue weighted by Gasteiger charge is -2.25. The SMILES string of the molecule is Cc1cc(C(=O)Nc2nc3c(s2)CN(S(=O)(=O)c2ccc4ccccc4c2)CC3)no1. The normalized spacial score (nSPS) is 14.5. The third-order valence-electron chi connectivity index (χ3n) is 5.14. The Morgan fingerprint density at radius 2 is 1.97 bits per heavy atom. The highest BCUT2D eigenvalue weighted by Crippen LogP contribution is 2.32. The van der Waals surface area contributed by atoms with Gasteiger partial charge in [-0.1, -0.05) is 35.5 Å². The Kier molecular flexibility index (Phi) is 4.84. The van der Waals surface area contributed by atoms with Gasteiger partial charge in [0.1, 0.15) is 5.76 Å². The highest BCUT2D eigenvalue weighted by Gasteiger charge is 2.31. The van der Waals surface area contributed by atoms with Gasteiger partial charge in [0.15, 0.2) is 10.8 Å². The van der Waals surface area contributed by atoms with E-state index in [0.717, 1.165) is 21.3 Å². The first-order valence-electron chi connectivity index (χ1n) is 9.62. The average molecular weight is 455 g/mol. The van der Waals surface area contributed by atoms with Crippen molar-refractivity contribution in [2.24, 2.45) is 0 Å². The molecule has 3 heterocycles. The second-order valence-corrected chi connectivity index (χ2v) is 10.3. The van der Waals surface area contributed by atoms with Crippen LogP contribution in [0, 0.1) is 6.92 Å². The number of aryl methyl sites for hydroxylation is 1. The maximum atomic E-state index is 13.2. The molecule has 1 amide bonds. The molecule has 10 heteroatoms. The van der Waals surface area contributed by atoms with Crippen molar-refractivity contribution < 1.29 is 17.7 Å². The Bertz CT molecular complexity index is 1410. The van der Waals surface area contributed by atoms with E-state index in [1.54, 1.807) is 25.1 Å². The first-order chi connectivity index (χ1) is 14.9. The number of carbonyl (C=O) groups is 1. The second kappa shape index (κ2) is 7.56. The lowest BCUT2D eigenvalue weighted by Crippen LogP contribution is -2.35. The summed E-state index contributed by atoms with van der Waals surface area (Å²) < 4.78 is 32.9. The van der Waals surface area contributed by atoms with Crippen LogP contribution in [0.4, 0.5) is 5.13 Å². The van der Waals surface area contributed by atoms with Gasteiger partial charge in [-0.25, -0.2) is 13.4 Å². The summed E-state index contributed by atoms with van der Waals surface area (Å²) in [6.45, 7) is 2.26. The molecule has 0 radical (unpaired) electrons. The van der Waals surface area contributed by atoms with Crippen molar-refractivity contribution in [3.8, 4) is 0 Å². The number of benzene rings is 2. The number of hydrogen-bond donors (Lipinski definition) is 1. The van der Waals surface area contributed by atoms with E-state index in [0.29, 0.717) is 23.9 Å². The van der Waals surface area contributed by atoms with Crippen LogP contribution in [0.15, 0.2) is 57.9 Å². The van der Waals surface area contributed by atoms with Gasteiger partial charge < -0.3 is 4.52 Å². The first kappa shape index (κ1) is 19.9. The monoisotopic (exact) mass is 454 g/mol. The van der Waals surface area contributed by atoms with E-state index in [9.17, 15) is 13.2 Å². The third kappa shape index (κ3) is 3.73. The van der Waals surface area contributed by atoms with Crippen molar-refractivity contribution in [3.05, 3.63) is 70.6 Å². The lowest BCUT2D eigenvalue weighted by atomic mass is 10.1. The molecular weight excluding hydrogens is 436 g/mol. The minimum Gasteiger partial charge on any atom is -0.361 e. The summed E-state index contributed by atoms with van der Waals surface area (Å²) in [6.07, 6.45) is 0.484. The number of rotatable bonds is 4. The summed E-state index contributed by atoms with van der Waals surface area (Å²) in [5.74, 6) is 0.127. The molecule has 0 saturated carbocycles. The standard InChI is InChI=1S/C21H18N4O4S2/c1-13-10-18(24-29-13)20(26)23-21-22-17-8-9-25(12-19(17)30-21)31(27,28)16-7-6-14-4-2-3-5-15(14)11-16/h2-7,10-11H,8-9,12H2,1H3,(H,22,23,26). The van der Waals surface area contributed by atoms with E-state index in [-0.39, 0.29) is 17.1 Å². The molecule has 5 rings (SSSR count). The zero-order valence-corrected chi connectivity index (χ0v) is 18.2. The second-order valence-electron chi connectivity index (χ2n) is 7.26. The number of nitrogens with zero attached hydrogens (tertiary/aromatic N) is 3. The van der Waals surface area contributed by atoms with Crippen LogP contribution in [0.5, 0.6) is 0 Å². The van der Waals surface area contributed by atoms with Crippen LogP contribution in [0.1, 0.15) is 26.8 Å². The average Bonchev–Trinajstić information content (AvgIpc) is 3.38. The van der Waals surface area contributed by atoms with Gasteiger partial charge in [0.2, 0.25) is 10.0 Å². The van der Waals surface area contributed by atoms with Gasteiger partial charge in [0.05, 0.1) is 17.1 Å². The van der Waals surface area contributed by atoms with E-state index in [4.69, 9.17) is 4.52 Å². The highest BCUT2D eigenvalue weighted by molar-refractivity contribution is 7.89. The maximum Gasteiger partial charge on any atom is 0.279 e. The number of amides is 1. The van der Waals surface area contributed by atoms with Crippen molar-refractivity contribution in [1.82, 2.24) is 14.4 Å². The summed E-state index contributed by atoms with van der Waals surface area (Å²) in [7, 11) is -3.65. The Labute approximate surface area is 182 Å². The number of anilines is 1. The minimum absolute atomic E-state index is 0.172. The zero-order valence-electron chi connectivity index (χ0n) is 16.5. The van der Waals surface area contributed by atoms with Crippen LogP contribution >= 0.6 is 11.3 Å². The van der Waals surface area contributed by atoms with Crippen LogP contribution in [0.3, 0.4) is 0 Å². The number of carbonyl (C=O) groups excluding carboxylic acids is 1. The molecule has 1 N–H and O–H groups in total. The molecule has 4 aromatic rings. The minimum atomic E-state index is -3.65. The number of sulfonamides is 1. The molecule has 0 bridgehead atoms. The first-order valence-corrected chi connectivity index (χ1v) is 11.9. The predicted octanol–water partition coefficient (Wildman–Crippen LogP) is 3.59. The molecule has 2 aromatic heterocycles. The van der Waals surface area contributed by atoms with Gasteiger partial charge in [-0.2, -0.15) is 4.31 Å². The number of fused-ring (bicyclic) bond motifs is 2. The summed E-state index contributed by atoms with van der Waals surface area (Å²) in [5, 5.41) is 8.70. The molecule has 8 nitrogen and oxygen atoms in total. The lowest BCUT2D eigenvalue weighted by molar-refractivity contribution is 0.101. The fourth-order valence-electron chi connectivity index (χ4n) is 3.54. The van der Waals surface area contributed by atoms with Crippen molar-refractivity contribution in [1.29, 1.82) is 0 Å². The van der Waals surface area contributed by atoms with Crippen LogP contribution in [0.2, 0.25) is 0 Å². The fraction of sp³-hybridized carbons (Fsp3) is 0.190. The number of aromatic nitrogens is 2. The van der Waals surface area contributed by atoms with Crippen molar-refractivity contribution in [2.75, 3.05) is 11.9 Å². The van der Waals surface area contributed by atoms with Crippen LogP contribution in [0.25, 0.3) is 10.8 Å². The highest BCUT2D eigenvalue weighted by atomic mass is 32.2. The summed E-state index contributed by atoms with van der Waals surface area (Å²) in [6, 6.07) is 14.4. The van der Waals surface area contributed by atoms with Crippen molar-refractivity contribution in [2.45, 2.75) is 24.8 Å². The van der Waals surface area contributed by atoms with Gasteiger partial charge in [0, 0.05) is 23.9 Å². The molecule has 2 aromatic carbocycles. The van der Waals surface area contributed by atoms with Crippen molar-refractivity contribution in [3.63, 3.8) is 0 Å². The number of thiazole rings is 1. The van der Waals surface area contributed by atoms with E-state index in [1.165, 1.54) is 15.6 Å². The van der Waals surface area contributed by atoms with E-state index in [2.05, 4.69) is 15.5 Å². The Morgan fingerprint density at radius 1 is 1.16 bits per heavy atom. The van der Waals surface area contributed by atoms with Gasteiger partial charge in [0.25, 0.3) is 5.91 Å². The molecule has 31 heavy (non-hydrogen) atoms. The maximum absolute atomic E-state index is 13.2. The zero-order chi connectivity index (χ0) is 21.6. The van der Waals surface area contributed by atoms with E-state index >= 15 is 0 Å². The summed E-state index contributed by atoms with van der Waals surface area (Å²) in [4.78, 5) is 17.8. The van der Waals surface area contributed by atoms with Gasteiger partial charge in [-0.15, -0.1) is 11.3 Å². The molecule has 0 aliphatic carbocycles. The van der Waals surface area contributed by atoms with E-state index < -0.39 is 15.9 Å². The van der Waals surface area contributed by atoms with Crippen LogP contribution < -0.4 is 5.32 Å². The molecule has 0 unspecified atom stereocenters. The van der Waals surface area contributed by atoms with Gasteiger partial charge in [-0.05, 0) is 29.8 Å². The third-order valence-corrected chi connectivity index (χ3v) is 7.97. The van der Waals surface area contributed by atoms with Gasteiger partial charge >= 0.3 is 0 Å². The molecule has 0 fully saturated rings. The molecule has 1 aliphatic heterocycles. The summed E-state index contributed by atoms with van der Waals surface area (Å²) in [5.41, 5.74) is 0.979. The molecular formula is C21H18N4O4S2. The number of hydrogen-bond acceptors (Lipinski definition) is 7. The predicted molar refractivity (Wildman–Crippen MR) is 117 cm³/mol. The Balaban J connectivity index is 1.36.